The molecule has 0 spiro atoms. The van der Waals surface area contributed by atoms with Gasteiger partial charge in [-0.15, -0.1) is 0 Å². The maximum atomic E-state index is 12.8. The number of piperazine rings is 1. The summed E-state index contributed by atoms with van der Waals surface area (Å²) in [7, 11) is -3.57. The minimum atomic E-state index is -3.57. The Labute approximate surface area is 177 Å². The second-order valence-corrected chi connectivity index (χ2v) is 9.75. The predicted octanol–water partition coefficient (Wildman–Crippen LogP) is 3.07. The summed E-state index contributed by atoms with van der Waals surface area (Å²) in [6.45, 7) is 6.20. The third-order valence-electron chi connectivity index (χ3n) is 5.15. The van der Waals surface area contributed by atoms with Gasteiger partial charge in [0.25, 0.3) is 0 Å². The first-order valence-electron chi connectivity index (χ1n) is 9.48. The molecule has 3 rings (SSSR count). The first kappa shape index (κ1) is 21.5. The van der Waals surface area contributed by atoms with Gasteiger partial charge >= 0.3 is 0 Å². The number of nitrogens with zero attached hydrogens (tertiary/aromatic N) is 3. The van der Waals surface area contributed by atoms with Crippen LogP contribution in [0.1, 0.15) is 11.1 Å². The summed E-state index contributed by atoms with van der Waals surface area (Å²) in [5.41, 5.74) is 3.74. The number of hydrogen-bond donors (Lipinski definition) is 0. The number of halogens is 1. The van der Waals surface area contributed by atoms with Crippen LogP contribution in [-0.4, -0.2) is 58.2 Å². The van der Waals surface area contributed by atoms with Crippen LogP contribution in [0.4, 0.5) is 11.4 Å². The van der Waals surface area contributed by atoms with E-state index < -0.39 is 10.0 Å². The van der Waals surface area contributed by atoms with Crippen molar-refractivity contribution in [3.05, 3.63) is 58.6 Å². The zero-order valence-corrected chi connectivity index (χ0v) is 18.5. The molecule has 0 radical (unpaired) electrons. The minimum Gasteiger partial charge on any atom is -0.368 e. The second kappa shape index (κ2) is 8.63. The SMILES string of the molecule is Cc1ccc(N(CC(=O)N2CCN(c3cc(Cl)ccc3C)CC2)S(C)(=O)=O)cc1. The molecule has 1 amide bonds. The predicted molar refractivity (Wildman–Crippen MR) is 118 cm³/mol. The highest BCUT2D eigenvalue weighted by Gasteiger charge is 2.27. The second-order valence-electron chi connectivity index (χ2n) is 7.40. The van der Waals surface area contributed by atoms with Crippen molar-refractivity contribution >= 4 is 38.9 Å². The highest BCUT2D eigenvalue weighted by molar-refractivity contribution is 7.92. The Kier molecular flexibility index (Phi) is 6.39. The van der Waals surface area contributed by atoms with E-state index in [1.165, 1.54) is 4.31 Å². The van der Waals surface area contributed by atoms with E-state index in [1.54, 1.807) is 17.0 Å². The number of carbonyl (C=O) groups is 1. The third kappa shape index (κ3) is 5.22. The highest BCUT2D eigenvalue weighted by atomic mass is 35.5. The van der Waals surface area contributed by atoms with E-state index in [9.17, 15) is 13.2 Å². The fourth-order valence-corrected chi connectivity index (χ4v) is 4.47. The Morgan fingerprint density at radius 3 is 2.24 bits per heavy atom. The van der Waals surface area contributed by atoms with E-state index in [0.717, 1.165) is 23.1 Å². The molecule has 1 fully saturated rings. The van der Waals surface area contributed by atoms with Crippen molar-refractivity contribution in [1.82, 2.24) is 4.90 Å². The molecule has 0 aromatic heterocycles. The quantitative estimate of drug-likeness (QED) is 0.724. The van der Waals surface area contributed by atoms with Crippen LogP contribution in [0, 0.1) is 13.8 Å². The van der Waals surface area contributed by atoms with Gasteiger partial charge in [0.15, 0.2) is 0 Å². The molecule has 0 unspecified atom stereocenters. The molecule has 2 aromatic rings. The van der Waals surface area contributed by atoms with Gasteiger partial charge < -0.3 is 9.80 Å². The van der Waals surface area contributed by atoms with Crippen LogP contribution in [0.2, 0.25) is 5.02 Å². The molecule has 29 heavy (non-hydrogen) atoms. The molecule has 0 bridgehead atoms. The summed E-state index contributed by atoms with van der Waals surface area (Å²) in [5, 5.41) is 0.686. The highest BCUT2D eigenvalue weighted by Crippen LogP contribution is 2.25. The first-order chi connectivity index (χ1) is 13.6. The van der Waals surface area contributed by atoms with Crippen LogP contribution < -0.4 is 9.21 Å². The average molecular weight is 436 g/mol. The van der Waals surface area contributed by atoms with E-state index in [0.29, 0.717) is 36.9 Å². The number of benzene rings is 2. The smallest absolute Gasteiger partial charge is 0.243 e. The van der Waals surface area contributed by atoms with Gasteiger partial charge in [-0.05, 0) is 43.7 Å². The Balaban J connectivity index is 1.68. The lowest BCUT2D eigenvalue weighted by Gasteiger charge is -2.37. The largest absolute Gasteiger partial charge is 0.368 e. The Morgan fingerprint density at radius 1 is 1.03 bits per heavy atom. The Hall–Kier alpha value is -2.25. The lowest BCUT2D eigenvalue weighted by Crippen LogP contribution is -2.52. The van der Waals surface area contributed by atoms with Crippen LogP contribution in [0.5, 0.6) is 0 Å². The van der Waals surface area contributed by atoms with E-state index in [2.05, 4.69) is 4.90 Å². The van der Waals surface area contributed by atoms with Crippen molar-refractivity contribution in [2.45, 2.75) is 13.8 Å². The fraction of sp³-hybridized carbons (Fsp3) is 0.381. The summed E-state index contributed by atoms with van der Waals surface area (Å²) in [4.78, 5) is 16.8. The number of aryl methyl sites for hydroxylation is 2. The molecule has 2 aromatic carbocycles. The number of anilines is 2. The standard InChI is InChI=1S/C21H26ClN3O3S/c1-16-4-8-19(9-5-16)25(29(3,27)28)15-21(26)24-12-10-23(11-13-24)20-14-18(22)7-6-17(20)2/h4-9,14H,10-13,15H2,1-3H3. The third-order valence-corrected chi connectivity index (χ3v) is 6.52. The molecule has 0 N–H and O–H groups in total. The van der Waals surface area contributed by atoms with Crippen molar-refractivity contribution in [3.63, 3.8) is 0 Å². The van der Waals surface area contributed by atoms with Crippen LogP contribution in [0.25, 0.3) is 0 Å². The van der Waals surface area contributed by atoms with Gasteiger partial charge in [-0.2, -0.15) is 0 Å². The molecule has 0 atom stereocenters. The van der Waals surface area contributed by atoms with E-state index >= 15 is 0 Å². The lowest BCUT2D eigenvalue weighted by molar-refractivity contribution is -0.129. The molecule has 1 heterocycles. The number of carbonyl (C=O) groups excluding carboxylic acids is 1. The van der Waals surface area contributed by atoms with Crippen LogP contribution >= 0.6 is 11.6 Å². The summed E-state index contributed by atoms with van der Waals surface area (Å²) in [5.74, 6) is -0.196. The molecule has 1 aliphatic rings. The number of sulfonamides is 1. The molecule has 1 saturated heterocycles. The van der Waals surface area contributed by atoms with Crippen molar-refractivity contribution in [2.75, 3.05) is 48.2 Å². The van der Waals surface area contributed by atoms with Crippen molar-refractivity contribution in [1.29, 1.82) is 0 Å². The molecule has 0 aliphatic carbocycles. The van der Waals surface area contributed by atoms with Gasteiger partial charge in [-0.3, -0.25) is 9.10 Å². The van der Waals surface area contributed by atoms with E-state index in [4.69, 9.17) is 11.6 Å². The molecule has 6 nitrogen and oxygen atoms in total. The normalized spacial score (nSPS) is 14.8. The molecular formula is C21H26ClN3O3S. The summed E-state index contributed by atoms with van der Waals surface area (Å²) in [6, 6.07) is 12.9. The average Bonchev–Trinajstić information content (AvgIpc) is 2.68. The van der Waals surface area contributed by atoms with Crippen LogP contribution in [0.15, 0.2) is 42.5 Å². The van der Waals surface area contributed by atoms with Crippen LogP contribution in [-0.2, 0) is 14.8 Å². The monoisotopic (exact) mass is 435 g/mol. The van der Waals surface area contributed by atoms with E-state index in [-0.39, 0.29) is 12.5 Å². The van der Waals surface area contributed by atoms with Gasteiger partial charge in [0, 0.05) is 36.9 Å². The molecule has 8 heteroatoms. The van der Waals surface area contributed by atoms with Crippen molar-refractivity contribution < 1.29 is 13.2 Å². The van der Waals surface area contributed by atoms with Gasteiger partial charge in [-0.1, -0.05) is 35.4 Å². The zero-order valence-electron chi connectivity index (χ0n) is 16.9. The van der Waals surface area contributed by atoms with Gasteiger partial charge in [-0.25, -0.2) is 8.42 Å². The minimum absolute atomic E-state index is 0.196. The number of hydrogen-bond acceptors (Lipinski definition) is 4. The topological polar surface area (TPSA) is 60.9 Å². The van der Waals surface area contributed by atoms with E-state index in [1.807, 2.05) is 44.2 Å². The maximum Gasteiger partial charge on any atom is 0.243 e. The Bertz CT molecular complexity index is 985. The van der Waals surface area contributed by atoms with Gasteiger partial charge in [0.05, 0.1) is 11.9 Å². The maximum absolute atomic E-state index is 12.8. The summed E-state index contributed by atoms with van der Waals surface area (Å²) in [6.07, 6.45) is 1.12. The van der Waals surface area contributed by atoms with Gasteiger partial charge in [0.2, 0.25) is 15.9 Å². The molecular weight excluding hydrogens is 410 g/mol. The summed E-state index contributed by atoms with van der Waals surface area (Å²) >= 11 is 6.13. The molecule has 0 saturated carbocycles. The molecule has 1 aliphatic heterocycles. The van der Waals surface area contributed by atoms with Crippen molar-refractivity contribution in [2.24, 2.45) is 0 Å². The lowest BCUT2D eigenvalue weighted by atomic mass is 10.1. The fourth-order valence-electron chi connectivity index (χ4n) is 3.45. The summed E-state index contributed by atoms with van der Waals surface area (Å²) < 4.78 is 25.7. The Morgan fingerprint density at radius 2 is 1.66 bits per heavy atom. The van der Waals surface area contributed by atoms with Gasteiger partial charge in [0.1, 0.15) is 6.54 Å². The zero-order chi connectivity index (χ0) is 21.2. The number of amides is 1. The number of rotatable bonds is 5. The molecule has 156 valence electrons. The van der Waals surface area contributed by atoms with Crippen molar-refractivity contribution in [3.8, 4) is 0 Å². The van der Waals surface area contributed by atoms with Crippen LogP contribution in [0.3, 0.4) is 0 Å². The first-order valence-corrected chi connectivity index (χ1v) is 11.7.